The van der Waals surface area contributed by atoms with Gasteiger partial charge in [-0.25, -0.2) is 0 Å². The fourth-order valence-electron chi connectivity index (χ4n) is 1.46. The summed E-state index contributed by atoms with van der Waals surface area (Å²) >= 11 is 0. The summed E-state index contributed by atoms with van der Waals surface area (Å²) in [6, 6.07) is 0.0322. The molecule has 0 bridgehead atoms. The lowest BCUT2D eigenvalue weighted by Gasteiger charge is -2.14. The highest BCUT2D eigenvalue weighted by atomic mass is 16.2. The second-order valence-corrected chi connectivity index (χ2v) is 4.42. The number of carbonyl (C=O) groups is 3. The fourth-order valence-corrected chi connectivity index (χ4v) is 1.46. The monoisotopic (exact) mass is 256 g/mol. The molecule has 0 spiro atoms. The van der Waals surface area contributed by atoms with Gasteiger partial charge in [0.05, 0.1) is 6.04 Å². The van der Waals surface area contributed by atoms with E-state index in [9.17, 15) is 14.4 Å². The van der Waals surface area contributed by atoms with E-state index in [1.54, 1.807) is 0 Å². The first-order chi connectivity index (χ1) is 8.63. The Hall–Kier alpha value is -1.23. The number of rotatable bonds is 11. The zero-order valence-electron chi connectivity index (χ0n) is 11.3. The van der Waals surface area contributed by atoms with Gasteiger partial charge in [-0.1, -0.05) is 6.92 Å². The van der Waals surface area contributed by atoms with E-state index in [-0.39, 0.29) is 18.7 Å². The Balaban J connectivity index is 3.73. The summed E-state index contributed by atoms with van der Waals surface area (Å²) < 4.78 is 0. The summed E-state index contributed by atoms with van der Waals surface area (Å²) in [6.45, 7) is 5.06. The quantitative estimate of drug-likeness (QED) is 0.424. The largest absolute Gasteiger partial charge is 0.347 e. The number of carbonyl (C=O) groups excluding carboxylic acids is 3. The molecule has 2 N–H and O–H groups in total. The van der Waals surface area contributed by atoms with E-state index in [0.29, 0.717) is 18.7 Å². The Bertz CT molecular complexity index is 257. The molecular formula is C13H24N2O3. The van der Waals surface area contributed by atoms with Gasteiger partial charge < -0.3 is 20.2 Å². The van der Waals surface area contributed by atoms with Gasteiger partial charge in [-0.3, -0.25) is 4.79 Å². The second kappa shape index (κ2) is 10.9. The minimum atomic E-state index is -0.442. The minimum Gasteiger partial charge on any atom is -0.347 e. The van der Waals surface area contributed by atoms with Gasteiger partial charge in [-0.05, 0) is 32.7 Å². The van der Waals surface area contributed by atoms with E-state index >= 15 is 0 Å². The van der Waals surface area contributed by atoms with Crippen LogP contribution in [-0.2, 0) is 14.4 Å². The zero-order chi connectivity index (χ0) is 13.8. The van der Waals surface area contributed by atoms with Crippen LogP contribution in [0, 0.1) is 0 Å². The molecule has 0 aliphatic heterocycles. The average molecular weight is 256 g/mol. The predicted molar refractivity (Wildman–Crippen MR) is 70.3 cm³/mol. The lowest BCUT2D eigenvalue weighted by molar-refractivity contribution is -0.125. The Kier molecular flexibility index (Phi) is 10.2. The Morgan fingerprint density at radius 1 is 1.33 bits per heavy atom. The molecule has 0 saturated carbocycles. The van der Waals surface area contributed by atoms with Gasteiger partial charge in [0.25, 0.3) is 0 Å². The van der Waals surface area contributed by atoms with Crippen molar-refractivity contribution in [2.24, 2.45) is 0 Å². The molecule has 0 aromatic heterocycles. The van der Waals surface area contributed by atoms with Gasteiger partial charge in [0.1, 0.15) is 12.6 Å². The summed E-state index contributed by atoms with van der Waals surface area (Å²) in [5, 5.41) is 5.93. The van der Waals surface area contributed by atoms with Crippen molar-refractivity contribution in [3.8, 4) is 0 Å². The molecule has 104 valence electrons. The van der Waals surface area contributed by atoms with Gasteiger partial charge in [-0.2, -0.15) is 0 Å². The van der Waals surface area contributed by atoms with E-state index < -0.39 is 6.04 Å². The molecule has 2 atom stereocenters. The fraction of sp³-hybridized carbons (Fsp3) is 0.769. The molecule has 0 fully saturated rings. The molecule has 0 aromatic carbocycles. The van der Waals surface area contributed by atoms with Gasteiger partial charge in [-0.15, -0.1) is 0 Å². The van der Waals surface area contributed by atoms with Crippen LogP contribution in [0.5, 0.6) is 0 Å². The van der Waals surface area contributed by atoms with Crippen molar-refractivity contribution in [2.45, 2.75) is 58.0 Å². The van der Waals surface area contributed by atoms with Crippen LogP contribution in [0.2, 0.25) is 0 Å². The molecule has 5 heteroatoms. The number of amides is 1. The molecule has 0 rings (SSSR count). The second-order valence-electron chi connectivity index (χ2n) is 4.42. The third-order valence-corrected chi connectivity index (χ3v) is 2.80. The van der Waals surface area contributed by atoms with Crippen molar-refractivity contribution in [2.75, 3.05) is 6.54 Å². The van der Waals surface area contributed by atoms with Crippen LogP contribution in [0.4, 0.5) is 0 Å². The molecular weight excluding hydrogens is 232 g/mol. The summed E-state index contributed by atoms with van der Waals surface area (Å²) in [5.41, 5.74) is 0. The van der Waals surface area contributed by atoms with Crippen LogP contribution in [0.1, 0.15) is 46.0 Å². The highest BCUT2D eigenvalue weighted by molar-refractivity contribution is 5.81. The summed E-state index contributed by atoms with van der Waals surface area (Å²) in [7, 11) is 0. The normalized spacial score (nSPS) is 13.7. The standard InChI is InChI=1S/C13H24N2O3/c1-3-11(2)14-8-4-6-12(10-17)15-13(18)7-5-9-16/h9-12,14H,3-8H2,1-2H3,(H,15,18). The van der Waals surface area contributed by atoms with Crippen LogP contribution in [0.25, 0.3) is 0 Å². The highest BCUT2D eigenvalue weighted by Crippen LogP contribution is 1.97. The van der Waals surface area contributed by atoms with Gasteiger partial charge in [0.15, 0.2) is 0 Å². The van der Waals surface area contributed by atoms with Crippen molar-refractivity contribution < 1.29 is 14.4 Å². The lowest BCUT2D eigenvalue weighted by Crippen LogP contribution is -2.36. The SMILES string of the molecule is CCC(C)NCCCC(C=O)NC(=O)CCC=O. The Labute approximate surface area is 109 Å². The van der Waals surface area contributed by atoms with Crippen LogP contribution in [-0.4, -0.2) is 37.1 Å². The molecule has 5 nitrogen and oxygen atoms in total. The predicted octanol–water partition coefficient (Wildman–Crippen LogP) is 0.817. The van der Waals surface area contributed by atoms with Crippen molar-refractivity contribution >= 4 is 18.5 Å². The molecule has 0 aliphatic rings. The molecule has 0 radical (unpaired) electrons. The van der Waals surface area contributed by atoms with Gasteiger partial charge in [0.2, 0.25) is 5.91 Å². The lowest BCUT2D eigenvalue weighted by atomic mass is 10.1. The van der Waals surface area contributed by atoms with E-state index in [2.05, 4.69) is 24.5 Å². The summed E-state index contributed by atoms with van der Waals surface area (Å²) in [4.78, 5) is 32.2. The van der Waals surface area contributed by atoms with Crippen LogP contribution in [0.3, 0.4) is 0 Å². The van der Waals surface area contributed by atoms with Crippen LogP contribution in [0.15, 0.2) is 0 Å². The number of nitrogens with one attached hydrogen (secondary N) is 2. The van der Waals surface area contributed by atoms with E-state index in [4.69, 9.17) is 0 Å². The molecule has 0 aromatic rings. The summed E-state index contributed by atoms with van der Waals surface area (Å²) in [6.07, 6.45) is 4.33. The number of aldehydes is 2. The molecule has 0 heterocycles. The molecule has 1 amide bonds. The number of hydrogen-bond acceptors (Lipinski definition) is 4. The van der Waals surface area contributed by atoms with Crippen molar-refractivity contribution in [1.29, 1.82) is 0 Å². The Morgan fingerprint density at radius 3 is 2.61 bits per heavy atom. The molecule has 18 heavy (non-hydrogen) atoms. The van der Waals surface area contributed by atoms with Gasteiger partial charge >= 0.3 is 0 Å². The average Bonchev–Trinajstić information content (AvgIpc) is 2.39. The smallest absolute Gasteiger partial charge is 0.220 e. The van der Waals surface area contributed by atoms with Crippen molar-refractivity contribution in [3.05, 3.63) is 0 Å². The first-order valence-corrected chi connectivity index (χ1v) is 6.55. The molecule has 2 unspecified atom stereocenters. The van der Waals surface area contributed by atoms with Crippen molar-refractivity contribution in [3.63, 3.8) is 0 Å². The maximum absolute atomic E-state index is 11.3. The zero-order valence-corrected chi connectivity index (χ0v) is 11.3. The third-order valence-electron chi connectivity index (χ3n) is 2.80. The van der Waals surface area contributed by atoms with Crippen LogP contribution >= 0.6 is 0 Å². The molecule has 0 aliphatic carbocycles. The van der Waals surface area contributed by atoms with E-state index in [1.165, 1.54) is 0 Å². The highest BCUT2D eigenvalue weighted by Gasteiger charge is 2.10. The van der Waals surface area contributed by atoms with E-state index in [1.807, 2.05) is 0 Å². The maximum atomic E-state index is 11.3. The maximum Gasteiger partial charge on any atom is 0.220 e. The van der Waals surface area contributed by atoms with Crippen molar-refractivity contribution in [1.82, 2.24) is 10.6 Å². The number of hydrogen-bond donors (Lipinski definition) is 2. The van der Waals surface area contributed by atoms with Gasteiger partial charge in [0, 0.05) is 18.9 Å². The summed E-state index contributed by atoms with van der Waals surface area (Å²) in [5.74, 6) is -0.242. The third kappa shape index (κ3) is 8.87. The first kappa shape index (κ1) is 16.8. The first-order valence-electron chi connectivity index (χ1n) is 6.55. The minimum absolute atomic E-state index is 0.152. The van der Waals surface area contributed by atoms with E-state index in [0.717, 1.165) is 25.7 Å². The van der Waals surface area contributed by atoms with Crippen LogP contribution < -0.4 is 10.6 Å². The topological polar surface area (TPSA) is 75.3 Å². The Morgan fingerprint density at radius 2 is 2.06 bits per heavy atom. The molecule has 0 saturated heterocycles.